The van der Waals surface area contributed by atoms with Crippen LogP contribution in [0.2, 0.25) is 5.15 Å². The van der Waals surface area contributed by atoms with Gasteiger partial charge in [0.15, 0.2) is 0 Å². The number of nitrogens with two attached hydrogens (primary N) is 1. The molecule has 0 bridgehead atoms. The molecular formula is C9H10ClN3O3. The Morgan fingerprint density at radius 3 is 2.88 bits per heavy atom. The molecule has 6 nitrogen and oxygen atoms in total. The van der Waals surface area contributed by atoms with Crippen molar-refractivity contribution in [3.8, 4) is 0 Å². The van der Waals surface area contributed by atoms with Crippen molar-refractivity contribution in [1.82, 2.24) is 10.3 Å². The van der Waals surface area contributed by atoms with Crippen molar-refractivity contribution in [1.29, 1.82) is 0 Å². The highest BCUT2D eigenvalue weighted by molar-refractivity contribution is 6.29. The second kappa shape index (κ2) is 5.92. The number of aromatic nitrogens is 1. The molecule has 0 spiro atoms. The first kappa shape index (κ1) is 12.3. The minimum Gasteiger partial charge on any atom is -0.448 e. The van der Waals surface area contributed by atoms with Gasteiger partial charge in [0.1, 0.15) is 17.5 Å². The highest BCUT2D eigenvalue weighted by atomic mass is 35.5. The van der Waals surface area contributed by atoms with Gasteiger partial charge < -0.3 is 15.8 Å². The third-order valence-electron chi connectivity index (χ3n) is 1.58. The van der Waals surface area contributed by atoms with Crippen LogP contribution < -0.4 is 11.1 Å². The van der Waals surface area contributed by atoms with Crippen LogP contribution in [0, 0.1) is 0 Å². The maximum absolute atomic E-state index is 11.4. The molecule has 3 N–H and O–H groups in total. The fourth-order valence-corrected chi connectivity index (χ4v) is 1.11. The molecule has 1 heterocycles. The summed E-state index contributed by atoms with van der Waals surface area (Å²) in [7, 11) is 0. The van der Waals surface area contributed by atoms with Crippen molar-refractivity contribution in [2.24, 2.45) is 5.73 Å². The molecule has 0 aromatic carbocycles. The number of rotatable bonds is 4. The summed E-state index contributed by atoms with van der Waals surface area (Å²) in [6.07, 6.45) is -0.880. The summed E-state index contributed by atoms with van der Waals surface area (Å²) in [4.78, 5) is 25.5. The van der Waals surface area contributed by atoms with E-state index in [4.69, 9.17) is 17.3 Å². The molecule has 1 aromatic heterocycles. The average molecular weight is 244 g/mol. The third-order valence-corrected chi connectivity index (χ3v) is 1.79. The second-order valence-corrected chi connectivity index (χ2v) is 3.16. The van der Waals surface area contributed by atoms with Gasteiger partial charge in [-0.2, -0.15) is 0 Å². The second-order valence-electron chi connectivity index (χ2n) is 2.77. The van der Waals surface area contributed by atoms with E-state index in [1.807, 2.05) is 0 Å². The number of halogens is 1. The number of hydrogen-bond acceptors (Lipinski definition) is 4. The number of primary amides is 1. The van der Waals surface area contributed by atoms with Crippen LogP contribution in [-0.4, -0.2) is 30.1 Å². The van der Waals surface area contributed by atoms with Crippen LogP contribution in [-0.2, 0) is 4.74 Å². The Morgan fingerprint density at radius 2 is 2.25 bits per heavy atom. The number of ether oxygens (including phenoxy) is 1. The van der Waals surface area contributed by atoms with Gasteiger partial charge in [-0.05, 0) is 12.1 Å². The van der Waals surface area contributed by atoms with Crippen molar-refractivity contribution >= 4 is 23.6 Å². The molecule has 0 saturated carbocycles. The Bertz CT molecular complexity index is 397. The van der Waals surface area contributed by atoms with Gasteiger partial charge in [-0.25, -0.2) is 9.78 Å². The molecule has 16 heavy (non-hydrogen) atoms. The highest BCUT2D eigenvalue weighted by Crippen LogP contribution is 2.04. The van der Waals surface area contributed by atoms with Crippen LogP contribution >= 0.6 is 11.6 Å². The Labute approximate surface area is 96.7 Å². The van der Waals surface area contributed by atoms with Crippen LogP contribution in [0.1, 0.15) is 10.5 Å². The lowest BCUT2D eigenvalue weighted by Gasteiger charge is -2.04. The highest BCUT2D eigenvalue weighted by Gasteiger charge is 2.06. The van der Waals surface area contributed by atoms with E-state index in [1.165, 1.54) is 6.07 Å². The van der Waals surface area contributed by atoms with Crippen LogP contribution in [0.15, 0.2) is 18.2 Å². The molecule has 0 saturated heterocycles. The molecule has 0 radical (unpaired) electrons. The Balaban J connectivity index is 2.38. The summed E-state index contributed by atoms with van der Waals surface area (Å²) in [6, 6.07) is 4.70. The van der Waals surface area contributed by atoms with Gasteiger partial charge in [-0.1, -0.05) is 17.7 Å². The van der Waals surface area contributed by atoms with E-state index in [2.05, 4.69) is 15.0 Å². The van der Waals surface area contributed by atoms with Gasteiger partial charge in [0.05, 0.1) is 6.54 Å². The molecule has 0 aliphatic heterocycles. The van der Waals surface area contributed by atoms with Crippen LogP contribution in [0.25, 0.3) is 0 Å². The van der Waals surface area contributed by atoms with E-state index >= 15 is 0 Å². The summed E-state index contributed by atoms with van der Waals surface area (Å²) < 4.78 is 4.43. The van der Waals surface area contributed by atoms with Gasteiger partial charge in [-0.15, -0.1) is 0 Å². The van der Waals surface area contributed by atoms with Crippen molar-refractivity contribution in [3.05, 3.63) is 29.0 Å². The van der Waals surface area contributed by atoms with Gasteiger partial charge >= 0.3 is 6.09 Å². The maximum Gasteiger partial charge on any atom is 0.404 e. The number of carbonyl (C=O) groups excluding carboxylic acids is 2. The number of amides is 2. The van der Waals surface area contributed by atoms with Crippen molar-refractivity contribution in [2.45, 2.75) is 0 Å². The first-order valence-corrected chi connectivity index (χ1v) is 4.80. The van der Waals surface area contributed by atoms with E-state index in [0.29, 0.717) is 0 Å². The molecule has 0 fully saturated rings. The van der Waals surface area contributed by atoms with Gasteiger partial charge in [0, 0.05) is 0 Å². The minimum absolute atomic E-state index is 0.0155. The zero-order chi connectivity index (χ0) is 12.0. The molecule has 0 aliphatic rings. The summed E-state index contributed by atoms with van der Waals surface area (Å²) in [5.74, 6) is -0.393. The molecule has 1 rings (SSSR count). The van der Waals surface area contributed by atoms with Crippen LogP contribution in [0.5, 0.6) is 0 Å². The monoisotopic (exact) mass is 243 g/mol. The minimum atomic E-state index is -0.880. The van der Waals surface area contributed by atoms with E-state index in [1.54, 1.807) is 12.1 Å². The maximum atomic E-state index is 11.4. The van der Waals surface area contributed by atoms with Crippen molar-refractivity contribution < 1.29 is 14.3 Å². The molecule has 0 atom stereocenters. The summed E-state index contributed by atoms with van der Waals surface area (Å²) >= 11 is 5.61. The summed E-state index contributed by atoms with van der Waals surface area (Å²) in [5, 5.41) is 2.73. The molecule has 2 amide bonds. The number of pyridine rings is 1. The standard InChI is InChI=1S/C9H10ClN3O3/c10-7-3-1-2-6(13-7)8(14)12-4-5-16-9(11)15/h1-3H,4-5H2,(H2,11,15)(H,12,14). The zero-order valence-corrected chi connectivity index (χ0v) is 9.03. The number of nitrogens with zero attached hydrogens (tertiary/aromatic N) is 1. The van der Waals surface area contributed by atoms with Crippen molar-refractivity contribution in [2.75, 3.05) is 13.2 Å². The molecule has 1 aromatic rings. The Morgan fingerprint density at radius 1 is 1.50 bits per heavy atom. The predicted octanol–water partition coefficient (Wildman–Crippen LogP) is 0.560. The lowest BCUT2D eigenvalue weighted by atomic mass is 10.3. The van der Waals surface area contributed by atoms with E-state index in [9.17, 15) is 9.59 Å². The number of hydrogen-bond donors (Lipinski definition) is 2. The summed E-state index contributed by atoms with van der Waals surface area (Å²) in [6.45, 7) is 0.178. The lowest BCUT2D eigenvalue weighted by Crippen LogP contribution is -2.29. The van der Waals surface area contributed by atoms with Gasteiger partial charge in [0.2, 0.25) is 0 Å². The molecule has 7 heteroatoms. The SMILES string of the molecule is NC(=O)OCCNC(=O)c1cccc(Cl)n1. The molecule has 86 valence electrons. The first-order valence-electron chi connectivity index (χ1n) is 4.42. The van der Waals surface area contributed by atoms with Crippen LogP contribution in [0.3, 0.4) is 0 Å². The quantitative estimate of drug-likeness (QED) is 0.597. The van der Waals surface area contributed by atoms with Crippen LogP contribution in [0.4, 0.5) is 4.79 Å². The van der Waals surface area contributed by atoms with Crippen molar-refractivity contribution in [3.63, 3.8) is 0 Å². The fourth-order valence-electron chi connectivity index (χ4n) is 0.941. The number of nitrogens with one attached hydrogen (secondary N) is 1. The largest absolute Gasteiger partial charge is 0.448 e. The lowest BCUT2D eigenvalue weighted by molar-refractivity contribution is 0.0932. The predicted molar refractivity (Wildman–Crippen MR) is 57.1 cm³/mol. The van der Waals surface area contributed by atoms with E-state index in [0.717, 1.165) is 0 Å². The molecular weight excluding hydrogens is 234 g/mol. The molecule has 0 aliphatic carbocycles. The van der Waals surface area contributed by atoms with Gasteiger partial charge in [0.25, 0.3) is 5.91 Å². The number of carbonyl (C=O) groups is 2. The third kappa shape index (κ3) is 4.14. The van der Waals surface area contributed by atoms with Gasteiger partial charge in [-0.3, -0.25) is 4.79 Å². The smallest absolute Gasteiger partial charge is 0.404 e. The molecule has 0 unspecified atom stereocenters. The zero-order valence-electron chi connectivity index (χ0n) is 8.27. The van der Waals surface area contributed by atoms with E-state index in [-0.39, 0.29) is 24.0 Å². The topological polar surface area (TPSA) is 94.3 Å². The Hall–Kier alpha value is -1.82. The Kier molecular flexibility index (Phi) is 4.53. The van der Waals surface area contributed by atoms with E-state index < -0.39 is 12.0 Å². The average Bonchev–Trinajstić information content (AvgIpc) is 2.24. The summed E-state index contributed by atoms with van der Waals surface area (Å²) in [5.41, 5.74) is 4.94. The normalized spacial score (nSPS) is 9.56. The first-order chi connectivity index (χ1) is 7.59. The fraction of sp³-hybridized carbons (Fsp3) is 0.222.